The topological polar surface area (TPSA) is 94.2 Å². The maximum Gasteiger partial charge on any atom is 0.410 e. The average Bonchev–Trinajstić information content (AvgIpc) is 2.88. The Morgan fingerprint density at radius 2 is 1.90 bits per heavy atom. The standard InChI is InChI=1S/C13H20ClN3O4/c1-13(2,3)20-12(19)17-5-7-8(6-17)10(7)11(15)16-21-9(18)4-14/h7-8,10H,4-6H2,1-3H3,(H2,15,16)/t7-,8+,10?. The van der Waals surface area contributed by atoms with Crippen molar-refractivity contribution in [1.29, 1.82) is 0 Å². The van der Waals surface area contributed by atoms with Gasteiger partial charge in [0.05, 0.1) is 0 Å². The van der Waals surface area contributed by atoms with Crippen LogP contribution in [-0.2, 0) is 14.4 Å². The number of alkyl halides is 1. The monoisotopic (exact) mass is 317 g/mol. The lowest BCUT2D eigenvalue weighted by atomic mass is 10.2. The molecule has 0 spiro atoms. The van der Waals surface area contributed by atoms with Crippen molar-refractivity contribution in [3.63, 3.8) is 0 Å². The molecule has 7 nitrogen and oxygen atoms in total. The van der Waals surface area contributed by atoms with Gasteiger partial charge in [0.25, 0.3) is 0 Å². The summed E-state index contributed by atoms with van der Waals surface area (Å²) in [6.45, 7) is 6.68. The molecule has 21 heavy (non-hydrogen) atoms. The summed E-state index contributed by atoms with van der Waals surface area (Å²) >= 11 is 5.29. The number of oxime groups is 1. The van der Waals surface area contributed by atoms with Crippen LogP contribution in [0.3, 0.4) is 0 Å². The number of hydrogen-bond donors (Lipinski definition) is 1. The molecule has 0 aromatic rings. The van der Waals surface area contributed by atoms with Gasteiger partial charge in [0.1, 0.15) is 17.3 Å². The Kier molecular flexibility index (Phi) is 4.32. The summed E-state index contributed by atoms with van der Waals surface area (Å²) in [4.78, 5) is 29.0. The molecule has 1 saturated heterocycles. The summed E-state index contributed by atoms with van der Waals surface area (Å²) in [6.07, 6.45) is -0.308. The largest absolute Gasteiger partial charge is 0.444 e. The zero-order valence-corrected chi connectivity index (χ0v) is 13.1. The SMILES string of the molecule is CC(C)(C)OC(=O)N1C[C@@H]2C(/C(N)=N/OC(=O)CCl)[C@@H]2C1. The van der Waals surface area contributed by atoms with Gasteiger partial charge in [-0.25, -0.2) is 9.59 Å². The minimum Gasteiger partial charge on any atom is -0.444 e. The van der Waals surface area contributed by atoms with Crippen LogP contribution < -0.4 is 5.73 Å². The van der Waals surface area contributed by atoms with E-state index >= 15 is 0 Å². The predicted octanol–water partition coefficient (Wildman–Crippen LogP) is 1.15. The highest BCUT2D eigenvalue weighted by molar-refractivity contribution is 6.26. The average molecular weight is 318 g/mol. The highest BCUT2D eigenvalue weighted by Gasteiger charge is 2.59. The van der Waals surface area contributed by atoms with Crippen LogP contribution in [0, 0.1) is 17.8 Å². The number of piperidine rings is 1. The number of likely N-dealkylation sites (tertiary alicyclic amines) is 1. The van der Waals surface area contributed by atoms with Gasteiger partial charge < -0.3 is 20.2 Å². The number of nitrogens with two attached hydrogens (primary N) is 1. The van der Waals surface area contributed by atoms with Crippen molar-refractivity contribution in [3.05, 3.63) is 0 Å². The smallest absolute Gasteiger partial charge is 0.410 e. The molecule has 0 aromatic heterocycles. The van der Waals surface area contributed by atoms with E-state index in [-0.39, 0.29) is 35.6 Å². The molecular formula is C13H20ClN3O4. The Balaban J connectivity index is 1.82. The third kappa shape index (κ3) is 3.78. The van der Waals surface area contributed by atoms with Crippen molar-refractivity contribution in [3.8, 4) is 0 Å². The second kappa shape index (κ2) is 5.71. The Bertz CT molecular complexity index is 463. The Labute approximate surface area is 128 Å². The fraction of sp³-hybridized carbons (Fsp3) is 0.769. The van der Waals surface area contributed by atoms with Crippen molar-refractivity contribution in [1.82, 2.24) is 4.90 Å². The number of fused-ring (bicyclic) bond motifs is 1. The molecule has 2 aliphatic rings. The van der Waals surface area contributed by atoms with E-state index < -0.39 is 11.6 Å². The molecule has 1 amide bonds. The molecule has 0 aromatic carbocycles. The molecule has 1 aliphatic carbocycles. The first-order valence-corrected chi connectivity index (χ1v) is 7.33. The van der Waals surface area contributed by atoms with E-state index in [2.05, 4.69) is 9.99 Å². The van der Waals surface area contributed by atoms with E-state index in [9.17, 15) is 9.59 Å². The Morgan fingerprint density at radius 3 is 2.38 bits per heavy atom. The highest BCUT2D eigenvalue weighted by atomic mass is 35.5. The number of halogens is 1. The minimum absolute atomic E-state index is 0.0619. The number of ether oxygens (including phenoxy) is 1. The summed E-state index contributed by atoms with van der Waals surface area (Å²) in [5.41, 5.74) is 5.29. The van der Waals surface area contributed by atoms with Gasteiger partial charge in [-0.3, -0.25) is 0 Å². The number of amidine groups is 1. The highest BCUT2D eigenvalue weighted by Crippen LogP contribution is 2.51. The molecule has 0 bridgehead atoms. The van der Waals surface area contributed by atoms with Crippen LogP contribution in [-0.4, -0.2) is 47.4 Å². The van der Waals surface area contributed by atoms with Crippen LogP contribution >= 0.6 is 11.6 Å². The quantitative estimate of drug-likeness (QED) is 0.277. The second-order valence-corrected chi connectivity index (χ2v) is 6.62. The number of hydrogen-bond acceptors (Lipinski definition) is 5. The molecule has 1 aliphatic heterocycles. The third-order valence-electron chi connectivity index (χ3n) is 3.55. The first kappa shape index (κ1) is 15.9. The van der Waals surface area contributed by atoms with Gasteiger partial charge in [-0.2, -0.15) is 0 Å². The molecule has 2 rings (SSSR count). The minimum atomic E-state index is -0.638. The van der Waals surface area contributed by atoms with Crippen molar-refractivity contribution in [2.75, 3.05) is 19.0 Å². The molecular weight excluding hydrogens is 298 g/mol. The molecule has 1 heterocycles. The van der Waals surface area contributed by atoms with E-state index in [0.29, 0.717) is 13.1 Å². The zero-order valence-electron chi connectivity index (χ0n) is 12.3. The Hall–Kier alpha value is -1.50. The van der Waals surface area contributed by atoms with Crippen LogP contribution in [0.5, 0.6) is 0 Å². The number of rotatable bonds is 3. The normalized spacial score (nSPS) is 28.1. The molecule has 1 unspecified atom stereocenters. The lowest BCUT2D eigenvalue weighted by molar-refractivity contribution is -0.140. The van der Waals surface area contributed by atoms with Gasteiger partial charge in [0.15, 0.2) is 0 Å². The van der Waals surface area contributed by atoms with E-state index in [1.165, 1.54) is 0 Å². The van der Waals surface area contributed by atoms with Crippen LogP contribution in [0.25, 0.3) is 0 Å². The van der Waals surface area contributed by atoms with Gasteiger partial charge in [0, 0.05) is 19.0 Å². The molecule has 2 fully saturated rings. The van der Waals surface area contributed by atoms with E-state index in [1.54, 1.807) is 4.90 Å². The summed E-state index contributed by atoms with van der Waals surface area (Å²) in [7, 11) is 0. The van der Waals surface area contributed by atoms with E-state index in [1.807, 2.05) is 20.8 Å². The van der Waals surface area contributed by atoms with Crippen molar-refractivity contribution >= 4 is 29.5 Å². The van der Waals surface area contributed by atoms with Crippen molar-refractivity contribution in [2.45, 2.75) is 26.4 Å². The Morgan fingerprint density at radius 1 is 1.33 bits per heavy atom. The van der Waals surface area contributed by atoms with Gasteiger partial charge in [-0.05, 0) is 32.6 Å². The summed E-state index contributed by atoms with van der Waals surface area (Å²) < 4.78 is 5.32. The van der Waals surface area contributed by atoms with Crippen LogP contribution in [0.2, 0.25) is 0 Å². The van der Waals surface area contributed by atoms with E-state index in [4.69, 9.17) is 22.1 Å². The number of amides is 1. The lowest BCUT2D eigenvalue weighted by Crippen LogP contribution is -2.38. The van der Waals surface area contributed by atoms with E-state index in [0.717, 1.165) is 0 Å². The summed E-state index contributed by atoms with van der Waals surface area (Å²) in [6, 6.07) is 0. The molecule has 8 heteroatoms. The lowest BCUT2D eigenvalue weighted by Gasteiger charge is -2.25. The first-order valence-electron chi connectivity index (χ1n) is 6.80. The maximum absolute atomic E-state index is 11.9. The summed E-state index contributed by atoms with van der Waals surface area (Å²) in [5, 5.41) is 3.59. The zero-order chi connectivity index (χ0) is 15.8. The number of carbonyl (C=O) groups excluding carboxylic acids is 2. The number of carbonyl (C=O) groups is 2. The molecule has 1 saturated carbocycles. The molecule has 2 N–H and O–H groups in total. The van der Waals surface area contributed by atoms with Gasteiger partial charge >= 0.3 is 12.1 Å². The second-order valence-electron chi connectivity index (χ2n) is 6.35. The fourth-order valence-corrected chi connectivity index (χ4v) is 2.68. The first-order chi connectivity index (χ1) is 9.73. The van der Waals surface area contributed by atoms with Crippen molar-refractivity contribution in [2.24, 2.45) is 28.6 Å². The predicted molar refractivity (Wildman–Crippen MR) is 76.7 cm³/mol. The fourth-order valence-electron chi connectivity index (χ4n) is 2.63. The molecule has 0 radical (unpaired) electrons. The van der Waals surface area contributed by atoms with Crippen LogP contribution in [0.1, 0.15) is 20.8 Å². The van der Waals surface area contributed by atoms with Crippen LogP contribution in [0.4, 0.5) is 4.79 Å². The molecule has 118 valence electrons. The van der Waals surface area contributed by atoms with Crippen LogP contribution in [0.15, 0.2) is 5.16 Å². The third-order valence-corrected chi connectivity index (χ3v) is 3.77. The number of nitrogens with zero attached hydrogens (tertiary/aromatic N) is 2. The summed E-state index contributed by atoms with van der Waals surface area (Å²) in [5.74, 6) is -0.0346. The van der Waals surface area contributed by atoms with Gasteiger partial charge in [-0.15, -0.1) is 11.6 Å². The van der Waals surface area contributed by atoms with Crippen molar-refractivity contribution < 1.29 is 19.2 Å². The van der Waals surface area contributed by atoms with Gasteiger partial charge in [0.2, 0.25) is 0 Å². The molecule has 3 atom stereocenters. The maximum atomic E-state index is 11.9. The van der Waals surface area contributed by atoms with Gasteiger partial charge in [-0.1, -0.05) is 5.16 Å².